The van der Waals surface area contributed by atoms with Crippen molar-refractivity contribution in [3.8, 4) is 0 Å². The van der Waals surface area contributed by atoms with Crippen molar-refractivity contribution >= 4 is 11.6 Å². The molecule has 1 amide bonds. The number of carbonyl (C=O) groups is 1. The van der Waals surface area contributed by atoms with Crippen LogP contribution in [0.25, 0.3) is 0 Å². The van der Waals surface area contributed by atoms with Crippen LogP contribution >= 0.6 is 0 Å². The molecule has 1 aliphatic heterocycles. The molecule has 1 N–H and O–H groups in total. The Labute approximate surface area is 134 Å². The fraction of sp³-hybridized carbons (Fsp3) is 0.632. The molecule has 0 aromatic heterocycles. The fourth-order valence-corrected chi connectivity index (χ4v) is 3.77. The summed E-state index contributed by atoms with van der Waals surface area (Å²) in [4.78, 5) is 14.5. The van der Waals surface area contributed by atoms with E-state index in [-0.39, 0.29) is 11.8 Å². The van der Waals surface area contributed by atoms with Crippen LogP contribution in [-0.4, -0.2) is 19.0 Å². The highest BCUT2D eigenvalue weighted by Gasteiger charge is 2.22. The molecule has 0 bridgehead atoms. The number of benzene rings is 1. The number of nitrogens with zero attached hydrogens (tertiary/aromatic N) is 1. The Morgan fingerprint density at radius 2 is 1.86 bits per heavy atom. The van der Waals surface area contributed by atoms with Gasteiger partial charge in [-0.15, -0.1) is 0 Å². The summed E-state index contributed by atoms with van der Waals surface area (Å²) in [6.45, 7) is 5.32. The van der Waals surface area contributed by atoms with Gasteiger partial charge in [0.1, 0.15) is 0 Å². The first-order valence-electron chi connectivity index (χ1n) is 8.84. The smallest absolute Gasteiger partial charge is 0.223 e. The van der Waals surface area contributed by atoms with E-state index in [4.69, 9.17) is 0 Å². The standard InChI is InChI=1S/C19H28N2O/c1-15-5-4-12-21(14-15)18-10-8-16(9-11-18)13-20-19(22)17-6-2-3-7-17/h8-11,15,17H,2-7,12-14H2,1H3,(H,20,22)/t15-/m0/s1. The molecule has 22 heavy (non-hydrogen) atoms. The molecule has 3 rings (SSSR count). The zero-order valence-electron chi connectivity index (χ0n) is 13.7. The second kappa shape index (κ2) is 7.17. The maximum atomic E-state index is 12.0. The van der Waals surface area contributed by atoms with Gasteiger partial charge in [-0.2, -0.15) is 0 Å². The lowest BCUT2D eigenvalue weighted by molar-refractivity contribution is -0.124. The topological polar surface area (TPSA) is 32.3 Å². The number of amides is 1. The highest BCUT2D eigenvalue weighted by Crippen LogP contribution is 2.25. The van der Waals surface area contributed by atoms with Crippen molar-refractivity contribution in [3.63, 3.8) is 0 Å². The third-order valence-electron chi connectivity index (χ3n) is 5.15. The van der Waals surface area contributed by atoms with Crippen molar-refractivity contribution in [2.75, 3.05) is 18.0 Å². The molecular formula is C19H28N2O. The minimum Gasteiger partial charge on any atom is -0.371 e. The van der Waals surface area contributed by atoms with Gasteiger partial charge in [0, 0.05) is 31.2 Å². The monoisotopic (exact) mass is 300 g/mol. The van der Waals surface area contributed by atoms with E-state index in [9.17, 15) is 4.79 Å². The van der Waals surface area contributed by atoms with Gasteiger partial charge in [0.05, 0.1) is 0 Å². The SMILES string of the molecule is C[C@H]1CCCN(c2ccc(CNC(=O)C3CCCC3)cc2)C1. The molecule has 1 saturated heterocycles. The molecule has 1 aromatic rings. The van der Waals surface area contributed by atoms with Gasteiger partial charge < -0.3 is 10.2 Å². The van der Waals surface area contributed by atoms with Crippen molar-refractivity contribution in [2.45, 2.75) is 52.0 Å². The third-order valence-corrected chi connectivity index (χ3v) is 5.15. The first-order chi connectivity index (χ1) is 10.7. The predicted octanol–water partition coefficient (Wildman–Crippen LogP) is 3.73. The molecular weight excluding hydrogens is 272 g/mol. The quantitative estimate of drug-likeness (QED) is 0.919. The highest BCUT2D eigenvalue weighted by molar-refractivity contribution is 5.78. The van der Waals surface area contributed by atoms with E-state index in [0.717, 1.165) is 25.3 Å². The van der Waals surface area contributed by atoms with Gasteiger partial charge in [0.25, 0.3) is 0 Å². The summed E-state index contributed by atoms with van der Waals surface area (Å²) < 4.78 is 0. The van der Waals surface area contributed by atoms with E-state index in [0.29, 0.717) is 6.54 Å². The molecule has 0 spiro atoms. The second-order valence-electron chi connectivity index (χ2n) is 7.06. The van der Waals surface area contributed by atoms with E-state index >= 15 is 0 Å². The number of anilines is 1. The molecule has 3 nitrogen and oxygen atoms in total. The number of hydrogen-bond acceptors (Lipinski definition) is 2. The van der Waals surface area contributed by atoms with Crippen LogP contribution in [0.2, 0.25) is 0 Å². The Balaban J connectivity index is 1.51. The van der Waals surface area contributed by atoms with Crippen LogP contribution in [0.15, 0.2) is 24.3 Å². The zero-order chi connectivity index (χ0) is 15.4. The van der Waals surface area contributed by atoms with Gasteiger partial charge in [-0.05, 0) is 49.3 Å². The van der Waals surface area contributed by atoms with Crippen molar-refractivity contribution in [2.24, 2.45) is 11.8 Å². The van der Waals surface area contributed by atoms with E-state index in [1.165, 1.54) is 43.5 Å². The van der Waals surface area contributed by atoms with E-state index in [1.807, 2.05) is 0 Å². The zero-order valence-corrected chi connectivity index (χ0v) is 13.7. The lowest BCUT2D eigenvalue weighted by Crippen LogP contribution is -2.34. The van der Waals surface area contributed by atoms with Crippen molar-refractivity contribution in [3.05, 3.63) is 29.8 Å². The maximum absolute atomic E-state index is 12.0. The summed E-state index contributed by atoms with van der Waals surface area (Å²) in [5.41, 5.74) is 2.51. The summed E-state index contributed by atoms with van der Waals surface area (Å²) >= 11 is 0. The van der Waals surface area contributed by atoms with Gasteiger partial charge in [-0.1, -0.05) is 31.9 Å². The molecule has 1 aliphatic carbocycles. The molecule has 0 radical (unpaired) electrons. The van der Waals surface area contributed by atoms with E-state index in [2.05, 4.69) is 41.4 Å². The molecule has 120 valence electrons. The second-order valence-corrected chi connectivity index (χ2v) is 7.06. The number of carbonyl (C=O) groups excluding carboxylic acids is 1. The van der Waals surface area contributed by atoms with Crippen LogP contribution in [0.4, 0.5) is 5.69 Å². The molecule has 1 atom stereocenters. The van der Waals surface area contributed by atoms with Gasteiger partial charge in [0.15, 0.2) is 0 Å². The number of piperidine rings is 1. The van der Waals surface area contributed by atoms with Crippen LogP contribution in [0.1, 0.15) is 51.0 Å². The Morgan fingerprint density at radius 1 is 1.14 bits per heavy atom. The summed E-state index contributed by atoms with van der Waals surface area (Å²) in [6, 6.07) is 8.72. The minimum absolute atomic E-state index is 0.242. The molecule has 1 saturated carbocycles. The van der Waals surface area contributed by atoms with Gasteiger partial charge in [0.2, 0.25) is 5.91 Å². The van der Waals surface area contributed by atoms with E-state index < -0.39 is 0 Å². The van der Waals surface area contributed by atoms with Crippen molar-refractivity contribution < 1.29 is 4.79 Å². The Bertz CT molecular complexity index is 491. The van der Waals surface area contributed by atoms with E-state index in [1.54, 1.807) is 0 Å². The molecule has 1 aromatic carbocycles. The van der Waals surface area contributed by atoms with Gasteiger partial charge in [-0.3, -0.25) is 4.79 Å². The molecule has 2 aliphatic rings. The van der Waals surface area contributed by atoms with Crippen LogP contribution in [0.3, 0.4) is 0 Å². The fourth-order valence-electron chi connectivity index (χ4n) is 3.77. The molecule has 2 fully saturated rings. The molecule has 1 heterocycles. The normalized spacial score (nSPS) is 22.8. The van der Waals surface area contributed by atoms with Crippen LogP contribution < -0.4 is 10.2 Å². The summed E-state index contributed by atoms with van der Waals surface area (Å²) in [5, 5.41) is 3.09. The average Bonchev–Trinajstić information content (AvgIpc) is 3.08. The highest BCUT2D eigenvalue weighted by atomic mass is 16.1. The molecule has 3 heteroatoms. The first kappa shape index (κ1) is 15.4. The largest absolute Gasteiger partial charge is 0.371 e. The summed E-state index contributed by atoms with van der Waals surface area (Å²) in [5.74, 6) is 1.29. The van der Waals surface area contributed by atoms with Crippen molar-refractivity contribution in [1.82, 2.24) is 5.32 Å². The lowest BCUT2D eigenvalue weighted by Gasteiger charge is -2.32. The molecule has 0 unspecified atom stereocenters. The summed E-state index contributed by atoms with van der Waals surface area (Å²) in [6.07, 6.45) is 7.19. The Kier molecular flexibility index (Phi) is 5.01. The average molecular weight is 300 g/mol. The van der Waals surface area contributed by atoms with Crippen LogP contribution in [0.5, 0.6) is 0 Å². The van der Waals surface area contributed by atoms with Gasteiger partial charge >= 0.3 is 0 Å². The summed E-state index contributed by atoms with van der Waals surface area (Å²) in [7, 11) is 0. The number of rotatable bonds is 4. The Hall–Kier alpha value is -1.51. The van der Waals surface area contributed by atoms with Crippen LogP contribution in [0, 0.1) is 11.8 Å². The first-order valence-corrected chi connectivity index (χ1v) is 8.84. The Morgan fingerprint density at radius 3 is 2.55 bits per heavy atom. The third kappa shape index (κ3) is 3.82. The predicted molar refractivity (Wildman–Crippen MR) is 90.9 cm³/mol. The van der Waals surface area contributed by atoms with Crippen molar-refractivity contribution in [1.29, 1.82) is 0 Å². The number of nitrogens with one attached hydrogen (secondary N) is 1. The number of hydrogen-bond donors (Lipinski definition) is 1. The lowest BCUT2D eigenvalue weighted by atomic mass is 9.99. The van der Waals surface area contributed by atoms with Gasteiger partial charge in [-0.25, -0.2) is 0 Å². The maximum Gasteiger partial charge on any atom is 0.223 e. The minimum atomic E-state index is 0.242. The van der Waals surface area contributed by atoms with Crippen LogP contribution in [-0.2, 0) is 11.3 Å².